The standard InChI is InChI=1S/C4H10.Mo.2H3O3PS/c1-3-4-2;;2*1-4(2,3)5/h3-4H2,1-2H3;;2*(H3,1,2,3,5). The molecule has 0 atom stereocenters. The van der Waals surface area contributed by atoms with Gasteiger partial charge in [-0.2, -0.15) is 0 Å². The molecule has 0 radical (unpaired) electrons. The third kappa shape index (κ3) is 394. The molecule has 0 spiro atoms. The first-order valence-electron chi connectivity index (χ1n) is 3.48. The minimum atomic E-state index is -3.81. The van der Waals surface area contributed by atoms with Gasteiger partial charge in [-0.15, -0.1) is 0 Å². The van der Waals surface area contributed by atoms with Crippen LogP contribution in [0.1, 0.15) is 26.7 Å². The Morgan fingerprint density at radius 2 is 0.800 bits per heavy atom. The molecule has 0 unspecified atom stereocenters. The fraction of sp³-hybridized carbons (Fsp3) is 1.00. The maximum Gasteiger partial charge on any atom is 0.319 e. The second kappa shape index (κ2) is 13.8. The largest absolute Gasteiger partial charge is 0.325 e. The third-order valence-corrected chi connectivity index (χ3v) is 0.500. The van der Waals surface area contributed by atoms with Crippen LogP contribution in [-0.2, 0) is 44.7 Å². The fourth-order valence-corrected chi connectivity index (χ4v) is 0. The van der Waals surface area contributed by atoms with Crippen LogP contribution in [0.15, 0.2) is 0 Å². The molecular formula is C4H16MoO6P2S2. The van der Waals surface area contributed by atoms with Gasteiger partial charge in [-0.3, -0.25) is 0 Å². The average molecular weight is 382 g/mol. The summed E-state index contributed by atoms with van der Waals surface area (Å²) in [4.78, 5) is 45.3. The number of rotatable bonds is 1. The van der Waals surface area contributed by atoms with E-state index in [0.29, 0.717) is 0 Å². The van der Waals surface area contributed by atoms with E-state index in [9.17, 15) is 0 Å². The zero-order chi connectivity index (χ0) is 12.4. The monoisotopic (exact) mass is 384 g/mol. The van der Waals surface area contributed by atoms with Crippen molar-refractivity contribution in [2.24, 2.45) is 0 Å². The van der Waals surface area contributed by atoms with Crippen molar-refractivity contribution in [2.75, 3.05) is 0 Å². The Kier molecular flexibility index (Phi) is 23.5. The Balaban J connectivity index is -0.0000000590. The van der Waals surface area contributed by atoms with Crippen molar-refractivity contribution in [3.63, 3.8) is 0 Å². The second-order valence-electron chi connectivity index (χ2n) is 2.03. The fourth-order valence-electron chi connectivity index (χ4n) is 0. The Hall–Kier alpha value is 1.75. The van der Waals surface area contributed by atoms with E-state index in [0.717, 1.165) is 0 Å². The quantitative estimate of drug-likeness (QED) is 0.281. The molecule has 0 amide bonds. The first-order chi connectivity index (χ1) is 5.91. The van der Waals surface area contributed by atoms with Gasteiger partial charge in [-0.25, -0.2) is 0 Å². The molecule has 0 bridgehead atoms. The predicted octanol–water partition coefficient (Wildman–Crippen LogP) is 0.179. The van der Waals surface area contributed by atoms with Gasteiger partial charge in [0, 0.05) is 21.1 Å². The normalized spacial score (nSPS) is 9.87. The van der Waals surface area contributed by atoms with Crippen LogP contribution in [0.3, 0.4) is 0 Å². The van der Waals surface area contributed by atoms with Crippen molar-refractivity contribution in [3.05, 3.63) is 0 Å². The van der Waals surface area contributed by atoms with E-state index in [1.807, 2.05) is 0 Å². The summed E-state index contributed by atoms with van der Waals surface area (Å²) in [6, 6.07) is 0. The molecule has 6 nitrogen and oxygen atoms in total. The topological polar surface area (TPSA) is 121 Å². The molecule has 0 aromatic heterocycles. The number of unbranched alkanes of at least 4 members (excludes halogenated alkanes) is 1. The van der Waals surface area contributed by atoms with Gasteiger partial charge in [0.1, 0.15) is 0 Å². The van der Waals surface area contributed by atoms with Crippen LogP contribution in [0, 0.1) is 0 Å². The molecule has 0 saturated heterocycles. The smallest absolute Gasteiger partial charge is 0.319 e. The van der Waals surface area contributed by atoms with Crippen LogP contribution in [0.4, 0.5) is 0 Å². The van der Waals surface area contributed by atoms with Crippen molar-refractivity contribution in [1.82, 2.24) is 0 Å². The molecule has 0 aliphatic rings. The Bertz CT molecular complexity index is 165. The Morgan fingerprint density at radius 1 is 0.733 bits per heavy atom. The van der Waals surface area contributed by atoms with Crippen LogP contribution in [0.5, 0.6) is 0 Å². The van der Waals surface area contributed by atoms with Gasteiger partial charge in [-0.1, -0.05) is 26.7 Å². The van der Waals surface area contributed by atoms with Gasteiger partial charge in [0.05, 0.1) is 0 Å². The first kappa shape index (κ1) is 25.6. The van der Waals surface area contributed by atoms with Crippen LogP contribution in [0.25, 0.3) is 0 Å². The summed E-state index contributed by atoms with van der Waals surface area (Å²) in [5, 5.41) is 0. The summed E-state index contributed by atoms with van der Waals surface area (Å²) in [5.41, 5.74) is 0. The van der Waals surface area contributed by atoms with Crippen molar-refractivity contribution in [2.45, 2.75) is 26.7 Å². The molecule has 0 aromatic carbocycles. The van der Waals surface area contributed by atoms with Gasteiger partial charge < -0.3 is 29.4 Å². The predicted molar refractivity (Wildman–Crippen MR) is 62.5 cm³/mol. The van der Waals surface area contributed by atoms with Crippen molar-refractivity contribution >= 4 is 37.1 Å². The van der Waals surface area contributed by atoms with E-state index in [1.165, 1.54) is 12.8 Å². The van der Waals surface area contributed by atoms with Gasteiger partial charge in [0.15, 0.2) is 0 Å². The number of hydrogen-bond donors (Lipinski definition) is 6. The SMILES string of the molecule is CCCC.OP(O)(O)=S.OP(O)(O)=S.[Mo]. The molecule has 0 aromatic rings. The van der Waals surface area contributed by atoms with Crippen LogP contribution in [0.2, 0.25) is 0 Å². The van der Waals surface area contributed by atoms with E-state index >= 15 is 0 Å². The van der Waals surface area contributed by atoms with Gasteiger partial charge in [0.2, 0.25) is 0 Å². The van der Waals surface area contributed by atoms with E-state index < -0.39 is 13.4 Å². The summed E-state index contributed by atoms with van der Waals surface area (Å²) in [6.45, 7) is -3.25. The minimum absolute atomic E-state index is 0. The summed E-state index contributed by atoms with van der Waals surface area (Å²) < 4.78 is 0. The van der Waals surface area contributed by atoms with Crippen LogP contribution in [-0.4, -0.2) is 29.4 Å². The van der Waals surface area contributed by atoms with Gasteiger partial charge in [-0.05, 0) is 23.6 Å². The maximum absolute atomic E-state index is 7.56. The third-order valence-electron chi connectivity index (χ3n) is 0.500. The summed E-state index contributed by atoms with van der Waals surface area (Å²) in [6.07, 6.45) is 2.64. The minimum Gasteiger partial charge on any atom is -0.325 e. The van der Waals surface area contributed by atoms with Crippen molar-refractivity contribution in [1.29, 1.82) is 0 Å². The summed E-state index contributed by atoms with van der Waals surface area (Å²) in [5.74, 6) is 0. The van der Waals surface area contributed by atoms with Crippen molar-refractivity contribution < 1.29 is 50.4 Å². The molecule has 15 heavy (non-hydrogen) atoms. The molecular weight excluding hydrogens is 366 g/mol. The molecule has 6 N–H and O–H groups in total. The molecule has 96 valence electrons. The van der Waals surface area contributed by atoms with Gasteiger partial charge in [0.25, 0.3) is 0 Å². The molecule has 0 heterocycles. The Labute approximate surface area is 114 Å². The first-order valence-corrected chi connectivity index (χ1v) is 8.80. The molecule has 0 aliphatic heterocycles. The molecule has 0 saturated carbocycles. The Morgan fingerprint density at radius 3 is 0.800 bits per heavy atom. The van der Waals surface area contributed by atoms with Crippen LogP contribution >= 0.6 is 13.4 Å². The summed E-state index contributed by atoms with van der Waals surface area (Å²) in [7, 11) is 0. The van der Waals surface area contributed by atoms with E-state index in [-0.39, 0.29) is 21.1 Å². The van der Waals surface area contributed by atoms with Crippen LogP contribution < -0.4 is 0 Å². The molecule has 11 heteroatoms. The van der Waals surface area contributed by atoms with E-state index in [2.05, 4.69) is 37.5 Å². The van der Waals surface area contributed by atoms with Crippen molar-refractivity contribution in [3.8, 4) is 0 Å². The maximum atomic E-state index is 7.56. The average Bonchev–Trinajstić information content (AvgIpc) is 1.79. The van der Waals surface area contributed by atoms with E-state index in [4.69, 9.17) is 29.4 Å². The molecule has 0 aliphatic carbocycles. The summed E-state index contributed by atoms with van der Waals surface area (Å²) >= 11 is 7.21. The zero-order valence-electron chi connectivity index (χ0n) is 8.22. The number of hydrogen-bond acceptors (Lipinski definition) is 2. The van der Waals surface area contributed by atoms with Gasteiger partial charge >= 0.3 is 13.4 Å². The second-order valence-corrected chi connectivity index (χ2v) is 7.02. The zero-order valence-corrected chi connectivity index (χ0v) is 13.6. The molecule has 0 fully saturated rings. The van der Waals surface area contributed by atoms with E-state index in [1.54, 1.807) is 0 Å². The molecule has 0 rings (SSSR count).